The Bertz CT molecular complexity index is 863. The van der Waals surface area contributed by atoms with Gasteiger partial charge < -0.3 is 15.0 Å². The van der Waals surface area contributed by atoms with E-state index in [4.69, 9.17) is 9.72 Å². The van der Waals surface area contributed by atoms with Crippen molar-refractivity contribution in [1.29, 1.82) is 0 Å². The minimum atomic E-state index is -0.485. The van der Waals surface area contributed by atoms with Gasteiger partial charge in [-0.05, 0) is 30.5 Å². The zero-order chi connectivity index (χ0) is 18.2. The summed E-state index contributed by atoms with van der Waals surface area (Å²) < 4.78 is 5.86. The van der Waals surface area contributed by atoms with Crippen LogP contribution in [0.2, 0.25) is 0 Å². The molecule has 1 saturated heterocycles. The third kappa shape index (κ3) is 3.13. The number of rotatable bonds is 2. The van der Waals surface area contributed by atoms with E-state index < -0.39 is 6.10 Å². The lowest BCUT2D eigenvalue weighted by Gasteiger charge is -2.33. The first-order chi connectivity index (χ1) is 13.3. The Morgan fingerprint density at radius 3 is 3.04 bits per heavy atom. The molecule has 1 aromatic carbocycles. The van der Waals surface area contributed by atoms with Crippen LogP contribution in [0.25, 0.3) is 0 Å². The molecule has 3 aliphatic heterocycles. The average molecular weight is 364 g/mol. The number of hydrogen-bond acceptors (Lipinski definition) is 5. The normalized spacial score (nSPS) is 24.4. The molecule has 6 nitrogen and oxygen atoms in total. The molecule has 140 valence electrons. The van der Waals surface area contributed by atoms with Crippen molar-refractivity contribution in [2.24, 2.45) is 0 Å². The zero-order valence-electron chi connectivity index (χ0n) is 15.4. The summed E-state index contributed by atoms with van der Waals surface area (Å²) in [5.41, 5.74) is 4.40. The maximum absolute atomic E-state index is 13.2. The Morgan fingerprint density at radius 1 is 1.22 bits per heavy atom. The van der Waals surface area contributed by atoms with E-state index in [0.29, 0.717) is 25.6 Å². The van der Waals surface area contributed by atoms with Crippen LogP contribution in [0, 0.1) is 0 Å². The van der Waals surface area contributed by atoms with Gasteiger partial charge in [-0.2, -0.15) is 0 Å². The third-order valence-corrected chi connectivity index (χ3v) is 5.91. The first kappa shape index (κ1) is 16.8. The highest BCUT2D eigenvalue weighted by atomic mass is 16.5. The van der Waals surface area contributed by atoms with Crippen molar-refractivity contribution >= 4 is 5.91 Å². The quantitative estimate of drug-likeness (QED) is 0.879. The number of carbonyl (C=O) groups is 1. The molecule has 1 N–H and O–H groups in total. The van der Waals surface area contributed by atoms with Gasteiger partial charge in [0, 0.05) is 43.7 Å². The maximum Gasteiger partial charge on any atom is 0.256 e. The summed E-state index contributed by atoms with van der Waals surface area (Å²) in [6.07, 6.45) is 4.19. The predicted molar refractivity (Wildman–Crippen MR) is 100 cm³/mol. The number of hydrogen-bond donors (Lipinski definition) is 1. The Morgan fingerprint density at radius 2 is 2.15 bits per heavy atom. The number of amides is 1. The van der Waals surface area contributed by atoms with Gasteiger partial charge in [0.05, 0.1) is 12.3 Å². The van der Waals surface area contributed by atoms with Crippen molar-refractivity contribution in [3.63, 3.8) is 0 Å². The van der Waals surface area contributed by atoms with E-state index in [9.17, 15) is 4.79 Å². The number of fused-ring (bicyclic) bond motifs is 2. The van der Waals surface area contributed by atoms with Crippen molar-refractivity contribution in [3.05, 3.63) is 58.7 Å². The van der Waals surface area contributed by atoms with Crippen molar-refractivity contribution in [2.45, 2.75) is 37.8 Å². The van der Waals surface area contributed by atoms with E-state index in [2.05, 4.69) is 16.4 Å². The summed E-state index contributed by atoms with van der Waals surface area (Å²) in [5.74, 6) is 1.42. The molecule has 2 aromatic rings. The highest BCUT2D eigenvalue weighted by Crippen LogP contribution is 2.30. The first-order valence-electron chi connectivity index (χ1n) is 9.83. The Hall–Kier alpha value is -2.31. The smallest absolute Gasteiger partial charge is 0.256 e. The van der Waals surface area contributed by atoms with E-state index in [1.165, 1.54) is 5.56 Å². The summed E-state index contributed by atoms with van der Waals surface area (Å²) in [4.78, 5) is 24.5. The fraction of sp³-hybridized carbons (Fsp3) is 0.476. The molecule has 1 fully saturated rings. The van der Waals surface area contributed by atoms with Crippen LogP contribution in [-0.4, -0.2) is 47.0 Å². The summed E-state index contributed by atoms with van der Waals surface area (Å²) in [6.45, 7) is 3.85. The number of nitrogens with one attached hydrogen (secondary N) is 1. The molecule has 27 heavy (non-hydrogen) atoms. The fourth-order valence-corrected chi connectivity index (χ4v) is 4.36. The average Bonchev–Trinajstić information content (AvgIpc) is 3.27. The van der Waals surface area contributed by atoms with Crippen LogP contribution < -0.4 is 5.32 Å². The minimum Gasteiger partial charge on any atom is -0.363 e. The summed E-state index contributed by atoms with van der Waals surface area (Å²) in [7, 11) is 0. The standard InChI is InChI=1S/C21H24N4O2/c26-21(19-17-4-2-1-3-14(17)7-10-27-19)25-9-6-18-16(13-25)12-23-20(24-18)15-5-8-22-11-15/h1-4,12,15,19,22H,5-11,13H2/t15-,19+/m1/s1. The highest BCUT2D eigenvalue weighted by molar-refractivity contribution is 5.83. The SMILES string of the molecule is O=C([C@H]1OCCc2ccccc21)N1CCc2nc([C@@H]3CCNC3)ncc2C1. The van der Waals surface area contributed by atoms with Crippen molar-refractivity contribution in [2.75, 3.05) is 26.2 Å². The third-order valence-electron chi connectivity index (χ3n) is 5.91. The largest absolute Gasteiger partial charge is 0.363 e. The van der Waals surface area contributed by atoms with Crippen LogP contribution in [0.5, 0.6) is 0 Å². The molecule has 1 amide bonds. The number of nitrogens with zero attached hydrogens (tertiary/aromatic N) is 3. The second-order valence-corrected chi connectivity index (χ2v) is 7.60. The van der Waals surface area contributed by atoms with Crippen LogP contribution in [0.3, 0.4) is 0 Å². The molecule has 5 rings (SSSR count). The molecule has 0 saturated carbocycles. The van der Waals surface area contributed by atoms with Gasteiger partial charge in [-0.15, -0.1) is 0 Å². The molecule has 0 radical (unpaired) electrons. The highest BCUT2D eigenvalue weighted by Gasteiger charge is 2.33. The Labute approximate surface area is 159 Å². The number of carbonyl (C=O) groups excluding carboxylic acids is 1. The van der Waals surface area contributed by atoms with Crippen molar-refractivity contribution in [3.8, 4) is 0 Å². The van der Waals surface area contributed by atoms with Gasteiger partial charge in [0.1, 0.15) is 5.82 Å². The van der Waals surface area contributed by atoms with Gasteiger partial charge in [-0.25, -0.2) is 9.97 Å². The molecule has 6 heteroatoms. The van der Waals surface area contributed by atoms with Gasteiger partial charge in [0.15, 0.2) is 6.10 Å². The minimum absolute atomic E-state index is 0.0527. The maximum atomic E-state index is 13.2. The van der Waals surface area contributed by atoms with Crippen LogP contribution in [0.4, 0.5) is 0 Å². The van der Waals surface area contributed by atoms with E-state index in [1.54, 1.807) is 0 Å². The first-order valence-corrected chi connectivity index (χ1v) is 9.83. The molecular weight excluding hydrogens is 340 g/mol. The molecule has 0 unspecified atom stereocenters. The molecule has 0 aliphatic carbocycles. The monoisotopic (exact) mass is 364 g/mol. The number of ether oxygens (including phenoxy) is 1. The van der Waals surface area contributed by atoms with Gasteiger partial charge in [-0.1, -0.05) is 24.3 Å². The van der Waals surface area contributed by atoms with Gasteiger partial charge >= 0.3 is 0 Å². The molecule has 4 heterocycles. The van der Waals surface area contributed by atoms with E-state index in [1.807, 2.05) is 29.3 Å². The molecule has 3 aliphatic rings. The Kier molecular flexibility index (Phi) is 4.38. The number of aromatic nitrogens is 2. The van der Waals surface area contributed by atoms with Crippen LogP contribution in [0.1, 0.15) is 46.7 Å². The van der Waals surface area contributed by atoms with Crippen molar-refractivity contribution in [1.82, 2.24) is 20.2 Å². The molecule has 2 atom stereocenters. The zero-order valence-corrected chi connectivity index (χ0v) is 15.4. The van der Waals surface area contributed by atoms with Crippen LogP contribution in [-0.2, 0) is 28.9 Å². The molecular formula is C21H24N4O2. The Balaban J connectivity index is 1.34. The van der Waals surface area contributed by atoms with Gasteiger partial charge in [0.2, 0.25) is 0 Å². The van der Waals surface area contributed by atoms with E-state index in [-0.39, 0.29) is 5.91 Å². The summed E-state index contributed by atoms with van der Waals surface area (Å²) in [6, 6.07) is 8.11. The van der Waals surface area contributed by atoms with Crippen LogP contribution >= 0.6 is 0 Å². The van der Waals surface area contributed by atoms with E-state index in [0.717, 1.165) is 55.0 Å². The molecule has 0 bridgehead atoms. The second-order valence-electron chi connectivity index (χ2n) is 7.60. The second kappa shape index (κ2) is 7.02. The fourth-order valence-electron chi connectivity index (χ4n) is 4.36. The van der Waals surface area contributed by atoms with E-state index >= 15 is 0 Å². The van der Waals surface area contributed by atoms with Gasteiger partial charge in [-0.3, -0.25) is 4.79 Å². The summed E-state index contributed by atoms with van der Waals surface area (Å²) >= 11 is 0. The molecule has 1 aromatic heterocycles. The molecule has 0 spiro atoms. The topological polar surface area (TPSA) is 67.3 Å². The number of benzene rings is 1. The lowest BCUT2D eigenvalue weighted by molar-refractivity contribution is -0.146. The van der Waals surface area contributed by atoms with Crippen molar-refractivity contribution < 1.29 is 9.53 Å². The van der Waals surface area contributed by atoms with Crippen LogP contribution in [0.15, 0.2) is 30.5 Å². The predicted octanol–water partition coefficient (Wildman–Crippen LogP) is 1.75. The lowest BCUT2D eigenvalue weighted by Crippen LogP contribution is -2.41. The summed E-state index contributed by atoms with van der Waals surface area (Å²) in [5, 5.41) is 3.37. The lowest BCUT2D eigenvalue weighted by atomic mass is 9.96. The van der Waals surface area contributed by atoms with Gasteiger partial charge in [0.25, 0.3) is 5.91 Å².